The Bertz CT molecular complexity index is 1790. The Morgan fingerprint density at radius 2 is 1.09 bits per heavy atom. The molecule has 0 spiro atoms. The van der Waals surface area contributed by atoms with Crippen LogP contribution in [0, 0.1) is 0 Å². The molecule has 0 aliphatic heterocycles. The number of ether oxygens (including phenoxy) is 4. The quantitative estimate of drug-likeness (QED) is 0.0202. The number of phenols is 1. The Labute approximate surface area is 340 Å². The number of hydrogen-bond acceptors (Lipinski definition) is 9. The van der Waals surface area contributed by atoms with Crippen molar-refractivity contribution in [3.8, 4) is 28.7 Å². The molecule has 306 valence electrons. The van der Waals surface area contributed by atoms with Crippen molar-refractivity contribution in [1.82, 2.24) is 0 Å². The summed E-state index contributed by atoms with van der Waals surface area (Å²) in [5, 5.41) is 19.2. The second-order valence-electron chi connectivity index (χ2n) is 14.4. The topological polar surface area (TPSA) is 111 Å². The molecule has 0 radical (unpaired) electrons. The maximum absolute atomic E-state index is 13.0. The van der Waals surface area contributed by atoms with Crippen molar-refractivity contribution in [2.75, 3.05) is 19.8 Å². The van der Waals surface area contributed by atoms with Crippen LogP contribution in [0.25, 0.3) is 0 Å². The van der Waals surface area contributed by atoms with Crippen LogP contribution in [-0.4, -0.2) is 37.1 Å². The monoisotopic (exact) mass is 777 g/mol. The number of unbranched alkanes of at least 4 members (excludes halogenated alkanes) is 13. The van der Waals surface area contributed by atoms with Gasteiger partial charge in [-0.2, -0.15) is 5.11 Å². The number of carbonyl (C=O) groups is 1. The van der Waals surface area contributed by atoms with Gasteiger partial charge in [0.15, 0.2) is 5.75 Å². The Kier molecular flexibility index (Phi) is 20.8. The number of nitrogens with zero attached hydrogens (tertiary/aromatic N) is 3. The zero-order valence-electron chi connectivity index (χ0n) is 34.4. The van der Waals surface area contributed by atoms with Crippen molar-refractivity contribution >= 4 is 29.2 Å². The number of esters is 1. The van der Waals surface area contributed by atoms with Gasteiger partial charge in [-0.15, -0.1) is 5.11 Å². The van der Waals surface area contributed by atoms with E-state index in [0.29, 0.717) is 65.3 Å². The Morgan fingerprint density at radius 1 is 0.544 bits per heavy atom. The molecule has 0 saturated carbocycles. The highest BCUT2D eigenvalue weighted by Gasteiger charge is 2.13. The summed E-state index contributed by atoms with van der Waals surface area (Å²) in [4.78, 5) is 17.5. The lowest BCUT2D eigenvalue weighted by Gasteiger charge is -2.11. The highest BCUT2D eigenvalue weighted by atomic mass is 16.5. The maximum atomic E-state index is 13.0. The highest BCUT2D eigenvalue weighted by molar-refractivity contribution is 5.91. The number of azo groups is 1. The molecule has 1 N–H and O–H groups in total. The molecular formula is C48H63N3O6. The van der Waals surface area contributed by atoms with Gasteiger partial charge in [-0.25, -0.2) is 4.79 Å². The fraction of sp³-hybridized carbons (Fsp3) is 0.458. The van der Waals surface area contributed by atoms with Crippen molar-refractivity contribution in [2.45, 2.75) is 124 Å². The number of aromatic hydroxyl groups is 1. The maximum Gasteiger partial charge on any atom is 0.343 e. The summed E-state index contributed by atoms with van der Waals surface area (Å²) in [5.74, 6) is 1.84. The predicted molar refractivity (Wildman–Crippen MR) is 231 cm³/mol. The lowest BCUT2D eigenvalue weighted by molar-refractivity contribution is 0.0734. The average molecular weight is 778 g/mol. The molecule has 4 aromatic rings. The minimum atomic E-state index is -0.470. The molecule has 0 aromatic heterocycles. The molecule has 0 aliphatic rings. The molecular weight excluding hydrogens is 715 g/mol. The van der Waals surface area contributed by atoms with Crippen LogP contribution < -0.4 is 18.9 Å². The van der Waals surface area contributed by atoms with Crippen molar-refractivity contribution in [3.63, 3.8) is 0 Å². The molecule has 0 heterocycles. The first-order chi connectivity index (χ1) is 28.0. The van der Waals surface area contributed by atoms with Crippen LogP contribution in [0.2, 0.25) is 0 Å². The molecule has 9 nitrogen and oxygen atoms in total. The SMILES string of the molecule is CCCCCCCCCCCCCCOc1ccc(C(=O)Oc2ccc(N=Nc3ccc(N=Cc4ccc(OCCCC)cc4O)cc3)c(OCCCC)c2)cc1. The van der Waals surface area contributed by atoms with E-state index in [1.165, 1.54) is 70.6 Å². The first kappa shape index (κ1) is 44.5. The third-order valence-corrected chi connectivity index (χ3v) is 9.50. The van der Waals surface area contributed by atoms with Gasteiger partial charge in [0.2, 0.25) is 0 Å². The van der Waals surface area contributed by atoms with Crippen LogP contribution in [0.4, 0.5) is 17.1 Å². The van der Waals surface area contributed by atoms with Gasteiger partial charge in [0.05, 0.1) is 36.8 Å². The number of benzene rings is 4. The Balaban J connectivity index is 1.24. The van der Waals surface area contributed by atoms with Crippen molar-refractivity contribution in [2.24, 2.45) is 15.2 Å². The lowest BCUT2D eigenvalue weighted by atomic mass is 10.1. The molecule has 0 fully saturated rings. The molecule has 0 aliphatic carbocycles. The molecule has 0 atom stereocenters. The van der Waals surface area contributed by atoms with Crippen LogP contribution in [0.5, 0.6) is 28.7 Å². The standard InChI is InChI=1S/C48H63N3O6/c1-4-7-10-11-12-13-14-15-16-17-18-19-34-54-42-27-20-38(21-28-42)48(53)57-44-30-31-45(47(36-44)56-33-9-6-3)51-50-41-25-23-40(24-26-41)49-37-39-22-29-43(35-46(39)52)55-32-8-5-2/h20-31,35-37,52H,4-19,32-34H2,1-3H3. The van der Waals surface area contributed by atoms with Gasteiger partial charge in [-0.05, 0) is 92.1 Å². The van der Waals surface area contributed by atoms with Gasteiger partial charge in [0.1, 0.15) is 28.7 Å². The fourth-order valence-corrected chi connectivity index (χ4v) is 5.99. The van der Waals surface area contributed by atoms with Crippen LogP contribution in [0.1, 0.15) is 139 Å². The van der Waals surface area contributed by atoms with E-state index < -0.39 is 5.97 Å². The normalized spacial score (nSPS) is 11.4. The summed E-state index contributed by atoms with van der Waals surface area (Å²) in [7, 11) is 0. The predicted octanol–water partition coefficient (Wildman–Crippen LogP) is 14.2. The first-order valence-corrected chi connectivity index (χ1v) is 21.2. The molecule has 4 aromatic carbocycles. The van der Waals surface area contributed by atoms with Crippen LogP contribution >= 0.6 is 0 Å². The molecule has 0 saturated heterocycles. The van der Waals surface area contributed by atoms with Crippen LogP contribution in [0.3, 0.4) is 0 Å². The van der Waals surface area contributed by atoms with Gasteiger partial charge < -0.3 is 24.1 Å². The van der Waals surface area contributed by atoms with E-state index in [9.17, 15) is 9.90 Å². The summed E-state index contributed by atoms with van der Waals surface area (Å²) in [5.41, 5.74) is 2.86. The summed E-state index contributed by atoms with van der Waals surface area (Å²) < 4.78 is 23.3. The van der Waals surface area contributed by atoms with Gasteiger partial charge in [-0.1, -0.05) is 104 Å². The van der Waals surface area contributed by atoms with Crippen LogP contribution in [-0.2, 0) is 0 Å². The molecule has 0 unspecified atom stereocenters. The lowest BCUT2D eigenvalue weighted by Crippen LogP contribution is -2.08. The summed E-state index contributed by atoms with van der Waals surface area (Å²) in [6.07, 6.45) is 21.1. The zero-order valence-corrected chi connectivity index (χ0v) is 34.4. The minimum Gasteiger partial charge on any atom is -0.507 e. The fourth-order valence-electron chi connectivity index (χ4n) is 5.99. The average Bonchev–Trinajstić information content (AvgIpc) is 3.22. The number of rotatable bonds is 28. The van der Waals surface area contributed by atoms with Gasteiger partial charge in [0.25, 0.3) is 0 Å². The van der Waals surface area contributed by atoms with Gasteiger partial charge >= 0.3 is 5.97 Å². The number of carbonyl (C=O) groups excluding carboxylic acids is 1. The first-order valence-electron chi connectivity index (χ1n) is 21.2. The highest BCUT2D eigenvalue weighted by Crippen LogP contribution is 2.34. The minimum absolute atomic E-state index is 0.107. The van der Waals surface area contributed by atoms with Gasteiger partial charge in [0, 0.05) is 23.9 Å². The third kappa shape index (κ3) is 17.2. The Morgan fingerprint density at radius 3 is 1.74 bits per heavy atom. The van der Waals surface area contributed by atoms with Crippen molar-refractivity contribution < 1.29 is 28.8 Å². The van der Waals surface area contributed by atoms with E-state index in [-0.39, 0.29) is 5.75 Å². The van der Waals surface area contributed by atoms with E-state index in [1.54, 1.807) is 48.7 Å². The third-order valence-electron chi connectivity index (χ3n) is 9.50. The number of phenolic OH excluding ortho intramolecular Hbond substituents is 1. The largest absolute Gasteiger partial charge is 0.507 e. The summed E-state index contributed by atoms with van der Waals surface area (Å²) >= 11 is 0. The van der Waals surface area contributed by atoms with Crippen molar-refractivity contribution in [1.29, 1.82) is 0 Å². The zero-order chi connectivity index (χ0) is 40.3. The van der Waals surface area contributed by atoms with E-state index in [0.717, 1.165) is 37.9 Å². The Hall–Kier alpha value is -5.18. The number of aliphatic imine (C=N–C) groups is 1. The smallest absolute Gasteiger partial charge is 0.343 e. The van der Waals surface area contributed by atoms with Crippen molar-refractivity contribution in [3.05, 3.63) is 96.1 Å². The van der Waals surface area contributed by atoms with E-state index >= 15 is 0 Å². The summed E-state index contributed by atoms with van der Waals surface area (Å²) in [6.45, 7) is 8.24. The van der Waals surface area contributed by atoms with Gasteiger partial charge in [-0.3, -0.25) is 4.99 Å². The second kappa shape index (κ2) is 26.6. The van der Waals surface area contributed by atoms with E-state index in [2.05, 4.69) is 36.0 Å². The molecule has 0 bridgehead atoms. The molecule has 0 amide bonds. The summed E-state index contributed by atoms with van der Waals surface area (Å²) in [6, 6.07) is 24.6. The second-order valence-corrected chi connectivity index (χ2v) is 14.4. The number of hydrogen-bond donors (Lipinski definition) is 1. The molecule has 57 heavy (non-hydrogen) atoms. The van der Waals surface area contributed by atoms with Crippen LogP contribution in [0.15, 0.2) is 100 Å². The molecule has 9 heteroatoms. The molecule has 4 rings (SSSR count). The van der Waals surface area contributed by atoms with E-state index in [1.807, 2.05) is 42.5 Å². The van der Waals surface area contributed by atoms with E-state index in [4.69, 9.17) is 18.9 Å².